The highest BCUT2D eigenvalue weighted by Gasteiger charge is 2.29. The molecule has 8 heteroatoms. The first kappa shape index (κ1) is 21.5. The molecule has 164 valence electrons. The van der Waals surface area contributed by atoms with Crippen molar-refractivity contribution < 1.29 is 13.2 Å². The lowest BCUT2D eigenvalue weighted by molar-refractivity contribution is 0.102. The normalized spacial score (nSPS) is 15.5. The number of aromatic nitrogens is 2. The van der Waals surface area contributed by atoms with Crippen LogP contribution in [0.4, 0.5) is 5.95 Å². The van der Waals surface area contributed by atoms with Crippen molar-refractivity contribution in [3.63, 3.8) is 0 Å². The number of para-hydroxylation sites is 2. The van der Waals surface area contributed by atoms with Gasteiger partial charge in [0.25, 0.3) is 5.91 Å². The second-order valence-corrected chi connectivity index (χ2v) is 9.96. The van der Waals surface area contributed by atoms with Gasteiger partial charge in [-0.3, -0.25) is 10.1 Å². The van der Waals surface area contributed by atoms with E-state index in [1.54, 1.807) is 19.2 Å². The van der Waals surface area contributed by atoms with Crippen LogP contribution in [0.1, 0.15) is 49.4 Å². The van der Waals surface area contributed by atoms with E-state index in [0.717, 1.165) is 36.7 Å². The number of nitrogens with one attached hydrogen (secondary N) is 1. The number of sulfonamides is 1. The molecule has 0 spiro atoms. The maximum Gasteiger partial charge on any atom is 0.257 e. The number of carbonyl (C=O) groups is 1. The van der Waals surface area contributed by atoms with Crippen LogP contribution in [-0.2, 0) is 16.6 Å². The Morgan fingerprint density at radius 3 is 2.45 bits per heavy atom. The fourth-order valence-corrected chi connectivity index (χ4v) is 5.67. The maximum absolute atomic E-state index is 13.0. The van der Waals surface area contributed by atoms with Crippen LogP contribution in [0.25, 0.3) is 11.0 Å². The smallest absolute Gasteiger partial charge is 0.257 e. The van der Waals surface area contributed by atoms with Crippen molar-refractivity contribution in [2.24, 2.45) is 0 Å². The molecule has 1 aromatic heterocycles. The van der Waals surface area contributed by atoms with E-state index in [2.05, 4.69) is 10.3 Å². The largest absolute Gasteiger partial charge is 0.310 e. The van der Waals surface area contributed by atoms with Crippen LogP contribution in [-0.4, -0.2) is 41.3 Å². The zero-order valence-corrected chi connectivity index (χ0v) is 18.7. The third kappa shape index (κ3) is 4.22. The van der Waals surface area contributed by atoms with Gasteiger partial charge in [0, 0.05) is 25.2 Å². The first-order chi connectivity index (χ1) is 14.9. The van der Waals surface area contributed by atoms with Gasteiger partial charge in [0.15, 0.2) is 0 Å². The van der Waals surface area contributed by atoms with Gasteiger partial charge in [0.1, 0.15) is 0 Å². The predicted octanol–water partition coefficient (Wildman–Crippen LogP) is 4.26. The van der Waals surface area contributed by atoms with E-state index >= 15 is 0 Å². The molecule has 1 N–H and O–H groups in total. The van der Waals surface area contributed by atoms with E-state index in [1.165, 1.54) is 22.9 Å². The van der Waals surface area contributed by atoms with E-state index in [1.807, 2.05) is 35.8 Å². The number of anilines is 1. The Morgan fingerprint density at radius 1 is 1.10 bits per heavy atom. The first-order valence-electron chi connectivity index (χ1n) is 10.8. The molecule has 0 saturated heterocycles. The number of imidazole rings is 1. The molecule has 31 heavy (non-hydrogen) atoms. The summed E-state index contributed by atoms with van der Waals surface area (Å²) in [7, 11) is -1.93. The highest BCUT2D eigenvalue weighted by atomic mass is 32.2. The molecule has 0 radical (unpaired) electrons. The average Bonchev–Trinajstić information content (AvgIpc) is 3.16. The summed E-state index contributed by atoms with van der Waals surface area (Å²) in [5.41, 5.74) is 2.15. The monoisotopic (exact) mass is 440 g/mol. The van der Waals surface area contributed by atoms with E-state index in [-0.39, 0.29) is 16.8 Å². The number of fused-ring (bicyclic) bond motifs is 1. The summed E-state index contributed by atoms with van der Waals surface area (Å²) < 4.78 is 29.4. The van der Waals surface area contributed by atoms with Crippen molar-refractivity contribution >= 4 is 32.9 Å². The van der Waals surface area contributed by atoms with Gasteiger partial charge in [-0.25, -0.2) is 13.4 Å². The van der Waals surface area contributed by atoms with Gasteiger partial charge in [-0.1, -0.05) is 31.4 Å². The van der Waals surface area contributed by atoms with Crippen LogP contribution in [0, 0.1) is 0 Å². The summed E-state index contributed by atoms with van der Waals surface area (Å²) in [6.07, 6.45) is 5.08. The number of carbonyl (C=O) groups excluding carboxylic acids is 1. The molecule has 1 aliphatic rings. The van der Waals surface area contributed by atoms with Gasteiger partial charge in [-0.05, 0) is 56.2 Å². The zero-order chi connectivity index (χ0) is 22.0. The molecular weight excluding hydrogens is 412 g/mol. The fraction of sp³-hybridized carbons (Fsp3) is 0.391. The van der Waals surface area contributed by atoms with Crippen molar-refractivity contribution in [1.82, 2.24) is 13.9 Å². The average molecular weight is 441 g/mol. The zero-order valence-electron chi connectivity index (χ0n) is 17.9. The van der Waals surface area contributed by atoms with Crippen molar-refractivity contribution in [3.05, 3.63) is 54.1 Å². The number of benzene rings is 2. The molecule has 1 heterocycles. The lowest BCUT2D eigenvalue weighted by Gasteiger charge is -2.30. The highest BCUT2D eigenvalue weighted by molar-refractivity contribution is 7.89. The Balaban J connectivity index is 1.52. The van der Waals surface area contributed by atoms with Crippen LogP contribution < -0.4 is 5.32 Å². The Bertz CT molecular complexity index is 1180. The lowest BCUT2D eigenvalue weighted by Crippen LogP contribution is -2.38. The molecule has 7 nitrogen and oxygen atoms in total. The van der Waals surface area contributed by atoms with E-state index in [9.17, 15) is 13.2 Å². The minimum atomic E-state index is -3.58. The van der Waals surface area contributed by atoms with Crippen LogP contribution >= 0.6 is 0 Å². The molecule has 0 aliphatic heterocycles. The SMILES string of the molecule is CCn1c(NC(=O)c2ccc(S(=O)(=O)N(C)C3CCCCC3)cc2)nc2ccccc21. The third-order valence-electron chi connectivity index (χ3n) is 6.08. The standard InChI is InChI=1S/C23H28N4O3S/c1-3-27-21-12-8-7-11-20(21)24-23(27)25-22(28)17-13-15-19(16-14-17)31(29,30)26(2)18-9-5-4-6-10-18/h7-8,11-16,18H,3-6,9-10H2,1-2H3,(H,24,25,28). The number of nitrogens with zero attached hydrogens (tertiary/aromatic N) is 3. The highest BCUT2D eigenvalue weighted by Crippen LogP contribution is 2.27. The molecule has 0 unspecified atom stereocenters. The van der Waals surface area contributed by atoms with Gasteiger partial charge in [0.05, 0.1) is 15.9 Å². The van der Waals surface area contributed by atoms with Crippen molar-refractivity contribution in [1.29, 1.82) is 0 Å². The number of hydrogen-bond acceptors (Lipinski definition) is 4. The predicted molar refractivity (Wildman–Crippen MR) is 122 cm³/mol. The van der Waals surface area contributed by atoms with Gasteiger partial charge in [-0.2, -0.15) is 4.31 Å². The lowest BCUT2D eigenvalue weighted by atomic mass is 9.96. The molecule has 1 fully saturated rings. The number of hydrogen-bond donors (Lipinski definition) is 1. The number of amides is 1. The molecule has 4 rings (SSSR count). The first-order valence-corrected chi connectivity index (χ1v) is 12.2. The van der Waals surface area contributed by atoms with Crippen LogP contribution in [0.15, 0.2) is 53.4 Å². The summed E-state index contributed by atoms with van der Waals surface area (Å²) in [5, 5.41) is 2.85. The fourth-order valence-electron chi connectivity index (χ4n) is 4.25. The van der Waals surface area contributed by atoms with E-state index < -0.39 is 10.0 Å². The Kier molecular flexibility index (Phi) is 6.11. The second-order valence-electron chi connectivity index (χ2n) is 7.96. The molecular formula is C23H28N4O3S. The van der Waals surface area contributed by atoms with Gasteiger partial charge in [-0.15, -0.1) is 0 Å². The van der Waals surface area contributed by atoms with Gasteiger partial charge >= 0.3 is 0 Å². The van der Waals surface area contributed by atoms with Crippen molar-refractivity contribution in [2.45, 2.75) is 56.5 Å². The summed E-state index contributed by atoms with van der Waals surface area (Å²) >= 11 is 0. The Morgan fingerprint density at radius 2 is 1.77 bits per heavy atom. The molecule has 3 aromatic rings. The summed E-state index contributed by atoms with van der Waals surface area (Å²) in [5.74, 6) is 0.150. The molecule has 0 bridgehead atoms. The van der Waals surface area contributed by atoms with Gasteiger partial charge in [0.2, 0.25) is 16.0 Å². The molecule has 0 atom stereocenters. The number of aryl methyl sites for hydroxylation is 1. The summed E-state index contributed by atoms with van der Waals surface area (Å²) in [4.78, 5) is 17.5. The molecule has 1 saturated carbocycles. The minimum absolute atomic E-state index is 0.0452. The van der Waals surface area contributed by atoms with Crippen LogP contribution in [0.2, 0.25) is 0 Å². The van der Waals surface area contributed by atoms with Crippen molar-refractivity contribution in [3.8, 4) is 0 Å². The maximum atomic E-state index is 13.0. The van der Waals surface area contributed by atoms with Crippen LogP contribution in [0.3, 0.4) is 0 Å². The molecule has 2 aromatic carbocycles. The molecule has 1 aliphatic carbocycles. The summed E-state index contributed by atoms with van der Waals surface area (Å²) in [6, 6.07) is 13.9. The van der Waals surface area contributed by atoms with Crippen LogP contribution in [0.5, 0.6) is 0 Å². The van der Waals surface area contributed by atoms with E-state index in [4.69, 9.17) is 0 Å². The summed E-state index contributed by atoms with van der Waals surface area (Å²) in [6.45, 7) is 2.66. The number of rotatable bonds is 6. The van der Waals surface area contributed by atoms with Crippen molar-refractivity contribution in [2.75, 3.05) is 12.4 Å². The van der Waals surface area contributed by atoms with E-state index in [0.29, 0.717) is 18.1 Å². The quantitative estimate of drug-likeness (QED) is 0.621. The topological polar surface area (TPSA) is 84.3 Å². The van der Waals surface area contributed by atoms with Gasteiger partial charge < -0.3 is 4.57 Å². The molecule has 1 amide bonds. The second kappa shape index (κ2) is 8.80. The minimum Gasteiger partial charge on any atom is -0.310 e. The third-order valence-corrected chi connectivity index (χ3v) is 8.00. The Labute approximate surface area is 183 Å². The Hall–Kier alpha value is -2.71.